The molecular formula is C11H17N3. The summed E-state index contributed by atoms with van der Waals surface area (Å²) in [6, 6.07) is 4.45. The van der Waals surface area contributed by atoms with Crippen LogP contribution < -0.4 is 11.1 Å². The molecule has 0 bridgehead atoms. The molecule has 1 heterocycles. The van der Waals surface area contributed by atoms with Crippen LogP contribution >= 0.6 is 0 Å². The van der Waals surface area contributed by atoms with E-state index in [1.807, 2.05) is 12.1 Å². The molecule has 14 heavy (non-hydrogen) atoms. The lowest BCUT2D eigenvalue weighted by Gasteiger charge is -2.11. The van der Waals surface area contributed by atoms with E-state index in [0.29, 0.717) is 6.04 Å². The number of nitrogens with one attached hydrogen (secondary N) is 1. The summed E-state index contributed by atoms with van der Waals surface area (Å²) in [5, 5.41) is 3.50. The minimum absolute atomic E-state index is 0.677. The third kappa shape index (κ3) is 2.23. The summed E-state index contributed by atoms with van der Waals surface area (Å²) in [7, 11) is 0. The van der Waals surface area contributed by atoms with Crippen molar-refractivity contribution in [2.45, 2.75) is 38.3 Å². The van der Waals surface area contributed by atoms with Gasteiger partial charge in [0.15, 0.2) is 0 Å². The Bertz CT molecular complexity index is 292. The molecular weight excluding hydrogens is 174 g/mol. The average molecular weight is 191 g/mol. The molecule has 2 rings (SSSR count). The van der Waals surface area contributed by atoms with Crippen LogP contribution in [0, 0.1) is 0 Å². The molecule has 0 unspecified atom stereocenters. The van der Waals surface area contributed by atoms with Gasteiger partial charge in [0, 0.05) is 18.8 Å². The molecule has 0 aromatic carbocycles. The lowest BCUT2D eigenvalue weighted by Crippen LogP contribution is -2.26. The maximum Gasteiger partial charge on any atom is 0.0770 e. The number of nitrogens with zero attached hydrogens (tertiary/aromatic N) is 1. The summed E-state index contributed by atoms with van der Waals surface area (Å²) in [6.07, 6.45) is 7.10. The fourth-order valence-electron chi connectivity index (χ4n) is 1.97. The summed E-state index contributed by atoms with van der Waals surface area (Å²) in [5.41, 5.74) is 7.56. The van der Waals surface area contributed by atoms with Gasteiger partial charge in [-0.3, -0.25) is 4.98 Å². The van der Waals surface area contributed by atoms with E-state index in [4.69, 9.17) is 5.73 Å². The third-order valence-electron chi connectivity index (χ3n) is 2.84. The fraction of sp³-hybridized carbons (Fsp3) is 0.545. The Hall–Kier alpha value is -1.09. The first-order valence-electron chi connectivity index (χ1n) is 5.29. The molecule has 0 atom stereocenters. The number of aromatic nitrogens is 1. The van der Waals surface area contributed by atoms with Gasteiger partial charge in [-0.15, -0.1) is 0 Å². The first-order valence-corrected chi connectivity index (χ1v) is 5.29. The van der Waals surface area contributed by atoms with Gasteiger partial charge >= 0.3 is 0 Å². The van der Waals surface area contributed by atoms with Crippen LogP contribution in [0.15, 0.2) is 18.3 Å². The molecule has 0 spiro atoms. The average Bonchev–Trinajstić information content (AvgIpc) is 2.69. The van der Waals surface area contributed by atoms with Crippen molar-refractivity contribution in [2.75, 3.05) is 5.73 Å². The minimum atomic E-state index is 0.677. The van der Waals surface area contributed by atoms with Crippen molar-refractivity contribution in [3.8, 4) is 0 Å². The zero-order valence-electron chi connectivity index (χ0n) is 8.37. The molecule has 0 aliphatic heterocycles. The summed E-state index contributed by atoms with van der Waals surface area (Å²) < 4.78 is 0. The van der Waals surface area contributed by atoms with Crippen LogP contribution in [0.4, 0.5) is 5.69 Å². The number of anilines is 1. The second kappa shape index (κ2) is 4.42. The highest BCUT2D eigenvalue weighted by Crippen LogP contribution is 2.18. The molecule has 1 saturated carbocycles. The fourth-order valence-corrected chi connectivity index (χ4v) is 1.97. The van der Waals surface area contributed by atoms with Crippen molar-refractivity contribution in [2.24, 2.45) is 0 Å². The van der Waals surface area contributed by atoms with Crippen molar-refractivity contribution in [1.82, 2.24) is 10.3 Å². The highest BCUT2D eigenvalue weighted by atomic mass is 14.9. The number of hydrogen-bond acceptors (Lipinski definition) is 3. The smallest absolute Gasteiger partial charge is 0.0770 e. The van der Waals surface area contributed by atoms with Crippen molar-refractivity contribution in [3.05, 3.63) is 24.0 Å². The van der Waals surface area contributed by atoms with Crippen molar-refractivity contribution < 1.29 is 0 Å². The van der Waals surface area contributed by atoms with Crippen LogP contribution in [0.5, 0.6) is 0 Å². The van der Waals surface area contributed by atoms with Crippen molar-refractivity contribution >= 4 is 5.69 Å². The monoisotopic (exact) mass is 191 g/mol. The minimum Gasteiger partial charge on any atom is -0.397 e. The molecule has 1 aromatic heterocycles. The van der Waals surface area contributed by atoms with E-state index in [-0.39, 0.29) is 0 Å². The Morgan fingerprint density at radius 2 is 2.21 bits per heavy atom. The van der Waals surface area contributed by atoms with Crippen LogP contribution in [0.3, 0.4) is 0 Å². The van der Waals surface area contributed by atoms with E-state index in [9.17, 15) is 0 Å². The topological polar surface area (TPSA) is 50.9 Å². The number of nitrogen functional groups attached to an aromatic ring is 1. The van der Waals surface area contributed by atoms with Crippen LogP contribution in [-0.4, -0.2) is 11.0 Å². The molecule has 0 saturated heterocycles. The second-order valence-corrected chi connectivity index (χ2v) is 3.90. The highest BCUT2D eigenvalue weighted by molar-refractivity contribution is 5.41. The Labute approximate surface area is 84.7 Å². The Morgan fingerprint density at radius 3 is 2.93 bits per heavy atom. The number of rotatable bonds is 3. The normalized spacial score (nSPS) is 17.4. The van der Waals surface area contributed by atoms with E-state index >= 15 is 0 Å². The molecule has 3 nitrogen and oxygen atoms in total. The molecule has 3 heteroatoms. The molecule has 76 valence electrons. The van der Waals surface area contributed by atoms with Gasteiger partial charge in [0.2, 0.25) is 0 Å². The zero-order valence-corrected chi connectivity index (χ0v) is 8.37. The molecule has 1 aromatic rings. The summed E-state index contributed by atoms with van der Waals surface area (Å²) in [5.74, 6) is 0. The summed E-state index contributed by atoms with van der Waals surface area (Å²) >= 11 is 0. The standard InChI is InChI=1S/C11H17N3/c12-10-6-3-7-13-11(10)8-14-9-4-1-2-5-9/h3,6-7,9,14H,1-2,4-5,8,12H2. The van der Waals surface area contributed by atoms with E-state index < -0.39 is 0 Å². The van der Waals surface area contributed by atoms with Gasteiger partial charge in [0.1, 0.15) is 0 Å². The number of pyridine rings is 1. The van der Waals surface area contributed by atoms with Crippen LogP contribution in [-0.2, 0) is 6.54 Å². The largest absolute Gasteiger partial charge is 0.397 e. The quantitative estimate of drug-likeness (QED) is 0.764. The lowest BCUT2D eigenvalue weighted by molar-refractivity contribution is 0.520. The maximum atomic E-state index is 5.80. The summed E-state index contributed by atoms with van der Waals surface area (Å²) in [6.45, 7) is 0.803. The molecule has 0 amide bonds. The van der Waals surface area contributed by atoms with Crippen molar-refractivity contribution in [3.63, 3.8) is 0 Å². The van der Waals surface area contributed by atoms with Crippen LogP contribution in [0.25, 0.3) is 0 Å². The van der Waals surface area contributed by atoms with Crippen LogP contribution in [0.1, 0.15) is 31.4 Å². The molecule has 1 aliphatic rings. The molecule has 3 N–H and O–H groups in total. The van der Waals surface area contributed by atoms with Gasteiger partial charge in [-0.2, -0.15) is 0 Å². The second-order valence-electron chi connectivity index (χ2n) is 3.90. The zero-order chi connectivity index (χ0) is 9.80. The van der Waals surface area contributed by atoms with Crippen LogP contribution in [0.2, 0.25) is 0 Å². The van der Waals surface area contributed by atoms with Gasteiger partial charge in [-0.05, 0) is 25.0 Å². The van der Waals surface area contributed by atoms with E-state index in [1.54, 1.807) is 6.20 Å². The Balaban J connectivity index is 1.88. The highest BCUT2D eigenvalue weighted by Gasteiger charge is 2.14. The molecule has 1 aliphatic carbocycles. The predicted octanol–water partition coefficient (Wildman–Crippen LogP) is 1.70. The lowest BCUT2D eigenvalue weighted by atomic mass is 10.2. The molecule has 0 radical (unpaired) electrons. The molecule has 1 fully saturated rings. The predicted molar refractivity (Wildman–Crippen MR) is 57.7 cm³/mol. The Morgan fingerprint density at radius 1 is 1.43 bits per heavy atom. The van der Waals surface area contributed by atoms with Gasteiger partial charge in [0.25, 0.3) is 0 Å². The van der Waals surface area contributed by atoms with Crippen molar-refractivity contribution in [1.29, 1.82) is 0 Å². The number of nitrogens with two attached hydrogens (primary N) is 1. The third-order valence-corrected chi connectivity index (χ3v) is 2.84. The van der Waals surface area contributed by atoms with E-state index in [1.165, 1.54) is 25.7 Å². The van der Waals surface area contributed by atoms with Gasteiger partial charge in [0.05, 0.1) is 11.4 Å². The maximum absolute atomic E-state index is 5.80. The van der Waals surface area contributed by atoms with E-state index in [2.05, 4.69) is 10.3 Å². The number of hydrogen-bond donors (Lipinski definition) is 2. The SMILES string of the molecule is Nc1cccnc1CNC1CCCC1. The summed E-state index contributed by atoms with van der Waals surface area (Å²) in [4.78, 5) is 4.25. The van der Waals surface area contributed by atoms with E-state index in [0.717, 1.165) is 17.9 Å². The Kier molecular flexibility index (Phi) is 2.99. The first kappa shape index (κ1) is 9.46. The van der Waals surface area contributed by atoms with Gasteiger partial charge in [-0.1, -0.05) is 12.8 Å². The van der Waals surface area contributed by atoms with Gasteiger partial charge < -0.3 is 11.1 Å². The first-order chi connectivity index (χ1) is 6.86. The van der Waals surface area contributed by atoms with Gasteiger partial charge in [-0.25, -0.2) is 0 Å².